The molecule has 0 aliphatic carbocycles. The number of anilines is 2. The molecule has 0 bridgehead atoms. The number of amides is 1. The van der Waals surface area contributed by atoms with Crippen LogP contribution in [0.25, 0.3) is 0 Å². The van der Waals surface area contributed by atoms with Gasteiger partial charge in [0, 0.05) is 10.0 Å². The van der Waals surface area contributed by atoms with Crippen molar-refractivity contribution in [3.63, 3.8) is 0 Å². The monoisotopic (exact) mass is 340 g/mol. The molecule has 0 unspecified atom stereocenters. The Bertz CT molecular complexity index is 535. The fourth-order valence-corrected chi connectivity index (χ4v) is 2.65. The normalized spacial score (nSPS) is 17.2. The molecule has 1 amide bonds. The number of carbonyl (C=O) groups is 1. The van der Waals surface area contributed by atoms with Crippen LogP contribution in [0.4, 0.5) is 16.2 Å². The van der Waals surface area contributed by atoms with E-state index in [1.165, 1.54) is 0 Å². The van der Waals surface area contributed by atoms with Gasteiger partial charge in [-0.25, -0.2) is 4.79 Å². The number of hydrogen-bond donors (Lipinski definition) is 1. The summed E-state index contributed by atoms with van der Waals surface area (Å²) in [5.74, 6) is 0. The Hall–Kier alpha value is -1.23. The lowest BCUT2D eigenvalue weighted by Crippen LogP contribution is -2.52. The second kappa shape index (κ2) is 4.95. The lowest BCUT2D eigenvalue weighted by molar-refractivity contribution is 0.0573. The molecular formula is C15H21BrN2O2. The SMILES string of the molecule is CC1(C)CN(C(=O)OC(C)(C)C)c2cccc(Br)c2N1. The van der Waals surface area contributed by atoms with Gasteiger partial charge in [-0.05, 0) is 62.7 Å². The molecule has 2 rings (SSSR count). The molecule has 1 aromatic rings. The second-order valence-electron chi connectivity index (χ2n) is 6.71. The second-order valence-corrected chi connectivity index (χ2v) is 7.56. The van der Waals surface area contributed by atoms with Crippen LogP contribution in [0.5, 0.6) is 0 Å². The highest BCUT2D eigenvalue weighted by molar-refractivity contribution is 9.10. The van der Waals surface area contributed by atoms with Gasteiger partial charge in [-0.1, -0.05) is 6.07 Å². The Balaban J connectivity index is 2.40. The van der Waals surface area contributed by atoms with Crippen molar-refractivity contribution < 1.29 is 9.53 Å². The largest absolute Gasteiger partial charge is 0.443 e. The summed E-state index contributed by atoms with van der Waals surface area (Å²) in [5.41, 5.74) is 1.05. The van der Waals surface area contributed by atoms with Gasteiger partial charge in [0.25, 0.3) is 0 Å². The summed E-state index contributed by atoms with van der Waals surface area (Å²) in [4.78, 5) is 14.1. The van der Waals surface area contributed by atoms with Gasteiger partial charge in [-0.2, -0.15) is 0 Å². The summed E-state index contributed by atoms with van der Waals surface area (Å²) < 4.78 is 6.45. The number of halogens is 1. The van der Waals surface area contributed by atoms with Gasteiger partial charge >= 0.3 is 6.09 Å². The van der Waals surface area contributed by atoms with Crippen LogP contribution >= 0.6 is 15.9 Å². The Labute approximate surface area is 128 Å². The minimum Gasteiger partial charge on any atom is -0.443 e. The zero-order valence-corrected chi connectivity index (χ0v) is 14.2. The molecule has 1 aliphatic heterocycles. The molecule has 4 nitrogen and oxygen atoms in total. The highest BCUT2D eigenvalue weighted by Crippen LogP contribution is 2.40. The van der Waals surface area contributed by atoms with Crippen LogP contribution in [0, 0.1) is 0 Å². The first kappa shape index (κ1) is 15.2. The summed E-state index contributed by atoms with van der Waals surface area (Å²) in [6, 6.07) is 5.80. The van der Waals surface area contributed by atoms with Crippen LogP contribution in [-0.4, -0.2) is 23.8 Å². The van der Waals surface area contributed by atoms with Crippen LogP contribution in [0.1, 0.15) is 34.6 Å². The van der Waals surface area contributed by atoms with Gasteiger partial charge in [0.05, 0.1) is 17.9 Å². The van der Waals surface area contributed by atoms with Crippen molar-refractivity contribution in [3.05, 3.63) is 22.7 Å². The maximum Gasteiger partial charge on any atom is 0.414 e. The van der Waals surface area contributed by atoms with Crippen molar-refractivity contribution in [2.24, 2.45) is 0 Å². The number of nitrogens with one attached hydrogen (secondary N) is 1. The molecule has 0 aromatic heterocycles. The summed E-state index contributed by atoms with van der Waals surface area (Å²) >= 11 is 3.53. The van der Waals surface area contributed by atoms with Crippen LogP contribution in [-0.2, 0) is 4.74 Å². The van der Waals surface area contributed by atoms with Crippen LogP contribution in [0.2, 0.25) is 0 Å². The minimum atomic E-state index is -0.502. The molecule has 0 radical (unpaired) electrons. The van der Waals surface area contributed by atoms with E-state index < -0.39 is 5.60 Å². The minimum absolute atomic E-state index is 0.215. The van der Waals surface area contributed by atoms with Crippen molar-refractivity contribution in [2.45, 2.75) is 45.8 Å². The van der Waals surface area contributed by atoms with E-state index in [9.17, 15) is 4.79 Å². The van der Waals surface area contributed by atoms with Gasteiger partial charge in [-0.15, -0.1) is 0 Å². The smallest absolute Gasteiger partial charge is 0.414 e. The number of nitrogens with zero attached hydrogens (tertiary/aromatic N) is 1. The molecule has 0 saturated heterocycles. The maximum atomic E-state index is 12.4. The standard InChI is InChI=1S/C15H21BrN2O2/c1-14(2,3)20-13(19)18-9-15(4,5)17-12-10(16)7-6-8-11(12)18/h6-8,17H,9H2,1-5H3. The number of rotatable bonds is 0. The van der Waals surface area contributed by atoms with Gasteiger partial charge in [0.15, 0.2) is 0 Å². The summed E-state index contributed by atoms with van der Waals surface area (Å²) in [6.07, 6.45) is -0.313. The highest BCUT2D eigenvalue weighted by atomic mass is 79.9. The number of hydrogen-bond acceptors (Lipinski definition) is 3. The zero-order chi connectivity index (χ0) is 15.1. The van der Waals surface area contributed by atoms with Crippen LogP contribution in [0.3, 0.4) is 0 Å². The number of para-hydroxylation sites is 1. The van der Waals surface area contributed by atoms with Crippen molar-refractivity contribution in [2.75, 3.05) is 16.8 Å². The number of fused-ring (bicyclic) bond motifs is 1. The van der Waals surface area contributed by atoms with Gasteiger partial charge in [0.2, 0.25) is 0 Å². The fraction of sp³-hybridized carbons (Fsp3) is 0.533. The zero-order valence-electron chi connectivity index (χ0n) is 12.6. The molecule has 5 heteroatoms. The van der Waals surface area contributed by atoms with E-state index in [0.29, 0.717) is 6.54 Å². The quantitative estimate of drug-likeness (QED) is 0.761. The predicted octanol–water partition coefficient (Wildman–Crippen LogP) is 4.39. The third-order valence-electron chi connectivity index (χ3n) is 2.91. The first-order valence-electron chi connectivity index (χ1n) is 6.66. The average Bonchev–Trinajstić information content (AvgIpc) is 2.26. The van der Waals surface area contributed by atoms with Crippen molar-refractivity contribution >= 4 is 33.4 Å². The van der Waals surface area contributed by atoms with Crippen molar-refractivity contribution in [3.8, 4) is 0 Å². The Morgan fingerprint density at radius 3 is 2.65 bits per heavy atom. The van der Waals surface area contributed by atoms with E-state index in [0.717, 1.165) is 15.8 Å². The summed E-state index contributed by atoms with van der Waals surface area (Å²) in [6.45, 7) is 10.3. The lowest BCUT2D eigenvalue weighted by Gasteiger charge is -2.41. The van der Waals surface area contributed by atoms with E-state index in [-0.39, 0.29) is 11.6 Å². The Kier molecular flexibility index (Phi) is 3.75. The first-order valence-corrected chi connectivity index (χ1v) is 7.46. The molecule has 0 saturated carbocycles. The maximum absolute atomic E-state index is 12.4. The fourth-order valence-electron chi connectivity index (χ4n) is 2.20. The van der Waals surface area contributed by atoms with E-state index in [1.807, 2.05) is 39.0 Å². The third kappa shape index (κ3) is 3.26. The van der Waals surface area contributed by atoms with Crippen molar-refractivity contribution in [1.29, 1.82) is 0 Å². The van der Waals surface area contributed by atoms with Crippen molar-refractivity contribution in [1.82, 2.24) is 0 Å². The molecule has 1 aromatic carbocycles. The lowest BCUT2D eigenvalue weighted by atomic mass is 10.00. The Morgan fingerprint density at radius 1 is 1.40 bits per heavy atom. The average molecular weight is 341 g/mol. The summed E-state index contributed by atoms with van der Waals surface area (Å²) in [5, 5.41) is 3.46. The van der Waals surface area contributed by atoms with E-state index in [4.69, 9.17) is 4.74 Å². The topological polar surface area (TPSA) is 41.6 Å². The molecule has 0 fully saturated rings. The third-order valence-corrected chi connectivity index (χ3v) is 3.57. The van der Waals surface area contributed by atoms with Crippen LogP contribution < -0.4 is 10.2 Å². The summed E-state index contributed by atoms with van der Waals surface area (Å²) in [7, 11) is 0. The molecule has 1 N–H and O–H groups in total. The molecule has 0 atom stereocenters. The van der Waals surface area contributed by atoms with Crippen LogP contribution in [0.15, 0.2) is 22.7 Å². The van der Waals surface area contributed by atoms with Gasteiger partial charge < -0.3 is 10.1 Å². The predicted molar refractivity (Wildman–Crippen MR) is 85.4 cm³/mol. The Morgan fingerprint density at radius 2 is 2.05 bits per heavy atom. The molecule has 20 heavy (non-hydrogen) atoms. The molecule has 0 spiro atoms. The van der Waals surface area contributed by atoms with Gasteiger partial charge in [-0.3, -0.25) is 4.90 Å². The van der Waals surface area contributed by atoms with E-state index in [2.05, 4.69) is 35.1 Å². The van der Waals surface area contributed by atoms with E-state index in [1.54, 1.807) is 4.90 Å². The van der Waals surface area contributed by atoms with E-state index >= 15 is 0 Å². The molecule has 110 valence electrons. The number of carbonyl (C=O) groups excluding carboxylic acids is 1. The molecular weight excluding hydrogens is 320 g/mol. The molecule has 1 heterocycles. The van der Waals surface area contributed by atoms with Gasteiger partial charge in [0.1, 0.15) is 5.60 Å². The highest BCUT2D eigenvalue weighted by Gasteiger charge is 2.35. The number of benzene rings is 1. The number of ether oxygens (including phenoxy) is 1. The first-order chi connectivity index (χ1) is 9.09. The molecule has 1 aliphatic rings.